The van der Waals surface area contributed by atoms with Crippen LogP contribution in [0.25, 0.3) is 0 Å². The zero-order valence-corrected chi connectivity index (χ0v) is 12.2. The molecular weight excluding hydrogens is 252 g/mol. The highest BCUT2D eigenvalue weighted by Crippen LogP contribution is 2.28. The zero-order valence-electron chi connectivity index (χ0n) is 10.6. The van der Waals surface area contributed by atoms with Gasteiger partial charge >= 0.3 is 0 Å². The summed E-state index contributed by atoms with van der Waals surface area (Å²) in [5.41, 5.74) is 0. The van der Waals surface area contributed by atoms with Crippen LogP contribution >= 0.6 is 24.0 Å². The van der Waals surface area contributed by atoms with Gasteiger partial charge in [0.1, 0.15) is 4.32 Å². The maximum absolute atomic E-state index is 5.50. The number of hydrogen-bond donors (Lipinski definition) is 0. The normalized spacial score (nSPS) is 24.3. The molecule has 3 nitrogen and oxygen atoms in total. The molecule has 1 aliphatic carbocycles. The molecule has 1 saturated heterocycles. The summed E-state index contributed by atoms with van der Waals surface area (Å²) < 4.78 is 6.25. The van der Waals surface area contributed by atoms with Crippen LogP contribution in [0.2, 0.25) is 0 Å². The van der Waals surface area contributed by atoms with E-state index in [0.29, 0.717) is 6.04 Å². The number of rotatable bonds is 4. The largest absolute Gasteiger partial charge is 0.383 e. The van der Waals surface area contributed by atoms with Gasteiger partial charge in [-0.15, -0.1) is 0 Å². The second kappa shape index (κ2) is 6.92. The third kappa shape index (κ3) is 3.81. The maximum atomic E-state index is 5.50. The molecular formula is C12H22N2OS2. The molecule has 0 radical (unpaired) electrons. The van der Waals surface area contributed by atoms with Gasteiger partial charge in [0.25, 0.3) is 0 Å². The van der Waals surface area contributed by atoms with Crippen LogP contribution in [0.1, 0.15) is 32.1 Å². The van der Waals surface area contributed by atoms with E-state index < -0.39 is 0 Å². The van der Waals surface area contributed by atoms with Gasteiger partial charge < -0.3 is 9.64 Å². The highest BCUT2D eigenvalue weighted by Gasteiger charge is 2.28. The Balaban J connectivity index is 1.87. The highest BCUT2D eigenvalue weighted by molar-refractivity contribution is 8.22. The van der Waals surface area contributed by atoms with E-state index in [1.807, 2.05) is 0 Å². The van der Waals surface area contributed by atoms with Gasteiger partial charge in [0.15, 0.2) is 0 Å². The van der Waals surface area contributed by atoms with Crippen LogP contribution in [-0.4, -0.2) is 53.0 Å². The lowest BCUT2D eigenvalue weighted by Crippen LogP contribution is -2.50. The van der Waals surface area contributed by atoms with E-state index in [9.17, 15) is 0 Å². The smallest absolute Gasteiger partial charge is 0.138 e. The first-order valence-electron chi connectivity index (χ1n) is 6.46. The second-order valence-electron chi connectivity index (χ2n) is 4.83. The van der Waals surface area contributed by atoms with E-state index in [2.05, 4.69) is 9.80 Å². The summed E-state index contributed by atoms with van der Waals surface area (Å²) in [5.74, 6) is 1.02. The van der Waals surface area contributed by atoms with E-state index in [0.717, 1.165) is 30.0 Å². The van der Waals surface area contributed by atoms with E-state index in [1.165, 1.54) is 32.1 Å². The van der Waals surface area contributed by atoms with Gasteiger partial charge in [-0.25, -0.2) is 0 Å². The molecule has 0 aromatic heterocycles. The number of thioether (sulfide) groups is 1. The molecule has 1 saturated carbocycles. The molecule has 0 unspecified atom stereocenters. The first-order valence-corrected chi connectivity index (χ1v) is 7.85. The van der Waals surface area contributed by atoms with Crippen molar-refractivity contribution in [2.24, 2.45) is 0 Å². The van der Waals surface area contributed by atoms with Crippen molar-refractivity contribution in [1.82, 2.24) is 9.80 Å². The van der Waals surface area contributed by atoms with Gasteiger partial charge in [0.2, 0.25) is 0 Å². The van der Waals surface area contributed by atoms with Gasteiger partial charge in [0, 0.05) is 19.7 Å². The molecule has 0 aromatic rings. The Hall–Kier alpha value is 0.160. The van der Waals surface area contributed by atoms with Crippen LogP contribution in [0.3, 0.4) is 0 Å². The fraction of sp³-hybridized carbons (Fsp3) is 0.917. The molecule has 5 heteroatoms. The van der Waals surface area contributed by atoms with Crippen molar-refractivity contribution in [3.05, 3.63) is 0 Å². The fourth-order valence-electron chi connectivity index (χ4n) is 2.56. The second-order valence-corrected chi connectivity index (χ2v) is 6.41. The summed E-state index contributed by atoms with van der Waals surface area (Å²) in [6.45, 7) is 2.82. The Labute approximate surface area is 114 Å². The van der Waals surface area contributed by atoms with Crippen molar-refractivity contribution >= 4 is 28.3 Å². The van der Waals surface area contributed by atoms with Gasteiger partial charge in [-0.2, -0.15) is 0 Å². The lowest BCUT2D eigenvalue weighted by atomic mass is 9.95. The minimum Gasteiger partial charge on any atom is -0.383 e. The quantitative estimate of drug-likeness (QED) is 0.730. The summed E-state index contributed by atoms with van der Waals surface area (Å²) >= 11 is 7.31. The molecule has 98 valence electrons. The molecule has 0 N–H and O–H groups in total. The first kappa shape index (κ1) is 13.6. The van der Waals surface area contributed by atoms with Crippen molar-refractivity contribution in [2.45, 2.75) is 38.1 Å². The average Bonchev–Trinajstić information content (AvgIpc) is 2.39. The Bertz CT molecular complexity index is 257. The summed E-state index contributed by atoms with van der Waals surface area (Å²) in [6, 6.07) is 0.689. The minimum atomic E-state index is 0.689. The molecule has 17 heavy (non-hydrogen) atoms. The molecule has 0 atom stereocenters. The SMILES string of the molecule is COCCN1CSC(=S)N(C2CCCCC2)C1. The molecule has 0 spiro atoms. The molecule has 2 aliphatic rings. The fourth-order valence-corrected chi connectivity index (χ4v) is 3.80. The predicted molar refractivity (Wildman–Crippen MR) is 77.2 cm³/mol. The summed E-state index contributed by atoms with van der Waals surface area (Å²) in [7, 11) is 1.76. The Morgan fingerprint density at radius 1 is 1.35 bits per heavy atom. The molecule has 2 fully saturated rings. The van der Waals surface area contributed by atoms with Gasteiger partial charge in [-0.05, 0) is 12.8 Å². The summed E-state index contributed by atoms with van der Waals surface area (Å²) in [4.78, 5) is 4.87. The molecule has 1 heterocycles. The Morgan fingerprint density at radius 3 is 2.82 bits per heavy atom. The van der Waals surface area contributed by atoms with Crippen molar-refractivity contribution < 1.29 is 4.74 Å². The first-order chi connectivity index (χ1) is 8.31. The topological polar surface area (TPSA) is 15.7 Å². The summed E-state index contributed by atoms with van der Waals surface area (Å²) in [5, 5.41) is 0. The van der Waals surface area contributed by atoms with Gasteiger partial charge in [0.05, 0.1) is 19.2 Å². The molecule has 0 bridgehead atoms. The van der Waals surface area contributed by atoms with Gasteiger partial charge in [-0.1, -0.05) is 43.2 Å². The number of nitrogens with zero attached hydrogens (tertiary/aromatic N) is 2. The maximum Gasteiger partial charge on any atom is 0.138 e. The van der Waals surface area contributed by atoms with Crippen molar-refractivity contribution in [2.75, 3.05) is 32.8 Å². The number of methoxy groups -OCH3 is 1. The molecule has 2 rings (SSSR count). The van der Waals surface area contributed by atoms with Crippen LogP contribution in [0.5, 0.6) is 0 Å². The lowest BCUT2D eigenvalue weighted by molar-refractivity contribution is 0.111. The van der Waals surface area contributed by atoms with Crippen LogP contribution in [0.4, 0.5) is 0 Å². The standard InChI is InChI=1S/C12H22N2OS2/c1-15-8-7-13-9-14(12(16)17-10-13)11-5-3-2-4-6-11/h11H,2-10H2,1H3. The van der Waals surface area contributed by atoms with E-state index in [1.54, 1.807) is 18.9 Å². The van der Waals surface area contributed by atoms with Crippen molar-refractivity contribution in [1.29, 1.82) is 0 Å². The lowest BCUT2D eigenvalue weighted by Gasteiger charge is -2.42. The molecule has 0 aromatic carbocycles. The monoisotopic (exact) mass is 274 g/mol. The van der Waals surface area contributed by atoms with E-state index >= 15 is 0 Å². The van der Waals surface area contributed by atoms with Crippen LogP contribution < -0.4 is 0 Å². The highest BCUT2D eigenvalue weighted by atomic mass is 32.2. The predicted octanol–water partition coefficient (Wildman–Crippen LogP) is 2.52. The number of ether oxygens (including phenoxy) is 1. The summed E-state index contributed by atoms with van der Waals surface area (Å²) in [6.07, 6.45) is 6.77. The van der Waals surface area contributed by atoms with E-state index in [4.69, 9.17) is 17.0 Å². The number of hydrogen-bond acceptors (Lipinski definition) is 4. The molecule has 0 amide bonds. The Kier molecular flexibility index (Phi) is 5.53. The third-order valence-corrected chi connectivity index (χ3v) is 5.15. The van der Waals surface area contributed by atoms with Crippen LogP contribution in [0.15, 0.2) is 0 Å². The van der Waals surface area contributed by atoms with Crippen molar-refractivity contribution in [3.63, 3.8) is 0 Å². The zero-order chi connectivity index (χ0) is 12.1. The van der Waals surface area contributed by atoms with Crippen LogP contribution in [0, 0.1) is 0 Å². The van der Waals surface area contributed by atoms with E-state index in [-0.39, 0.29) is 0 Å². The molecule has 1 aliphatic heterocycles. The van der Waals surface area contributed by atoms with Gasteiger partial charge in [-0.3, -0.25) is 4.90 Å². The minimum absolute atomic E-state index is 0.689. The third-order valence-electron chi connectivity index (χ3n) is 3.58. The number of thiocarbonyl (C=S) groups is 1. The Morgan fingerprint density at radius 2 is 2.12 bits per heavy atom. The van der Waals surface area contributed by atoms with Crippen LogP contribution in [-0.2, 0) is 4.74 Å². The average molecular weight is 274 g/mol. The van der Waals surface area contributed by atoms with Crippen molar-refractivity contribution in [3.8, 4) is 0 Å².